The molecule has 0 bridgehead atoms. The second-order valence-electron chi connectivity index (χ2n) is 6.14. The molecular weight excluding hydrogens is 206 g/mol. The third-order valence-electron chi connectivity index (χ3n) is 5.04. The van der Waals surface area contributed by atoms with Crippen LogP contribution in [0.2, 0.25) is 0 Å². The summed E-state index contributed by atoms with van der Waals surface area (Å²) in [7, 11) is 0. The zero-order chi connectivity index (χ0) is 12.7. The quantitative estimate of drug-likeness (QED) is 0.690. The smallest absolute Gasteiger partial charge is 0.00462 e. The molecule has 0 aromatic carbocycles. The van der Waals surface area contributed by atoms with Gasteiger partial charge in [-0.2, -0.15) is 0 Å². The molecule has 1 aliphatic carbocycles. The van der Waals surface area contributed by atoms with Gasteiger partial charge in [-0.25, -0.2) is 0 Å². The van der Waals surface area contributed by atoms with Gasteiger partial charge in [0.05, 0.1) is 0 Å². The molecule has 0 aromatic heterocycles. The standard InChI is InChI=1S/C16H33N/c1-4-7-14-8-9-15(12-17)16(11-14)10-13(5-2)6-3/h13-16H,4-12,17H2,1-3H3. The van der Waals surface area contributed by atoms with E-state index in [9.17, 15) is 0 Å². The van der Waals surface area contributed by atoms with Crippen LogP contribution in [0.15, 0.2) is 0 Å². The summed E-state index contributed by atoms with van der Waals surface area (Å²) in [5.41, 5.74) is 5.97. The molecule has 2 N–H and O–H groups in total. The molecule has 1 rings (SSSR count). The Morgan fingerprint density at radius 2 is 1.76 bits per heavy atom. The van der Waals surface area contributed by atoms with Gasteiger partial charge in [-0.3, -0.25) is 0 Å². The molecule has 1 aliphatic rings. The van der Waals surface area contributed by atoms with Crippen molar-refractivity contribution in [2.75, 3.05) is 6.54 Å². The SMILES string of the molecule is CCCC1CCC(CN)C(CC(CC)CC)C1. The topological polar surface area (TPSA) is 26.0 Å². The fourth-order valence-electron chi connectivity index (χ4n) is 3.74. The van der Waals surface area contributed by atoms with Crippen molar-refractivity contribution >= 4 is 0 Å². The van der Waals surface area contributed by atoms with E-state index < -0.39 is 0 Å². The van der Waals surface area contributed by atoms with Crippen molar-refractivity contribution in [3.05, 3.63) is 0 Å². The Bertz CT molecular complexity index is 186. The highest BCUT2D eigenvalue weighted by Crippen LogP contribution is 2.39. The van der Waals surface area contributed by atoms with Gasteiger partial charge >= 0.3 is 0 Å². The van der Waals surface area contributed by atoms with Gasteiger partial charge < -0.3 is 5.73 Å². The van der Waals surface area contributed by atoms with Crippen molar-refractivity contribution in [1.82, 2.24) is 0 Å². The van der Waals surface area contributed by atoms with E-state index >= 15 is 0 Å². The lowest BCUT2D eigenvalue weighted by Crippen LogP contribution is -2.31. The molecule has 0 saturated heterocycles. The molecule has 1 heteroatoms. The van der Waals surface area contributed by atoms with E-state index in [4.69, 9.17) is 5.73 Å². The zero-order valence-electron chi connectivity index (χ0n) is 12.3. The second-order valence-corrected chi connectivity index (χ2v) is 6.14. The van der Waals surface area contributed by atoms with Crippen LogP contribution in [0, 0.1) is 23.7 Å². The molecule has 0 spiro atoms. The van der Waals surface area contributed by atoms with Crippen LogP contribution in [-0.4, -0.2) is 6.54 Å². The van der Waals surface area contributed by atoms with Crippen LogP contribution in [-0.2, 0) is 0 Å². The first-order chi connectivity index (χ1) is 8.24. The van der Waals surface area contributed by atoms with E-state index in [1.807, 2.05) is 0 Å². The first-order valence-corrected chi connectivity index (χ1v) is 7.95. The van der Waals surface area contributed by atoms with Crippen molar-refractivity contribution in [3.63, 3.8) is 0 Å². The van der Waals surface area contributed by atoms with Gasteiger partial charge in [-0.05, 0) is 49.5 Å². The van der Waals surface area contributed by atoms with Crippen molar-refractivity contribution in [3.8, 4) is 0 Å². The number of hydrogen-bond donors (Lipinski definition) is 1. The van der Waals surface area contributed by atoms with Gasteiger partial charge in [-0.1, -0.05) is 52.9 Å². The Hall–Kier alpha value is -0.0400. The molecule has 17 heavy (non-hydrogen) atoms. The van der Waals surface area contributed by atoms with Crippen LogP contribution < -0.4 is 5.73 Å². The van der Waals surface area contributed by atoms with Crippen molar-refractivity contribution in [2.24, 2.45) is 29.4 Å². The monoisotopic (exact) mass is 239 g/mol. The maximum Gasteiger partial charge on any atom is -0.00462 e. The molecule has 0 heterocycles. The molecule has 0 aliphatic heterocycles. The van der Waals surface area contributed by atoms with E-state index in [1.165, 1.54) is 51.4 Å². The summed E-state index contributed by atoms with van der Waals surface area (Å²) in [5.74, 6) is 3.69. The first-order valence-electron chi connectivity index (χ1n) is 7.95. The molecule has 0 amide bonds. The fraction of sp³-hybridized carbons (Fsp3) is 1.00. The maximum atomic E-state index is 5.97. The number of nitrogens with two attached hydrogens (primary N) is 1. The van der Waals surface area contributed by atoms with Crippen LogP contribution in [0.25, 0.3) is 0 Å². The molecule has 1 nitrogen and oxygen atoms in total. The summed E-state index contributed by atoms with van der Waals surface area (Å²) in [6.45, 7) is 7.94. The van der Waals surface area contributed by atoms with Crippen LogP contribution in [0.5, 0.6) is 0 Å². The molecule has 102 valence electrons. The van der Waals surface area contributed by atoms with Gasteiger partial charge in [0.1, 0.15) is 0 Å². The van der Waals surface area contributed by atoms with E-state index in [0.717, 1.165) is 30.2 Å². The van der Waals surface area contributed by atoms with Crippen molar-refractivity contribution in [1.29, 1.82) is 0 Å². The minimum absolute atomic E-state index is 0.823. The summed E-state index contributed by atoms with van der Waals surface area (Å²) in [6.07, 6.45) is 11.2. The summed E-state index contributed by atoms with van der Waals surface area (Å²) < 4.78 is 0. The van der Waals surface area contributed by atoms with Gasteiger partial charge in [-0.15, -0.1) is 0 Å². The Labute approximate surface area is 109 Å². The van der Waals surface area contributed by atoms with Gasteiger partial charge in [0.2, 0.25) is 0 Å². The van der Waals surface area contributed by atoms with E-state index in [1.54, 1.807) is 0 Å². The first kappa shape index (κ1) is 15.0. The molecular formula is C16H33N. The lowest BCUT2D eigenvalue weighted by atomic mass is 9.69. The minimum atomic E-state index is 0.823. The fourth-order valence-corrected chi connectivity index (χ4v) is 3.74. The normalized spacial score (nSPS) is 29.8. The highest BCUT2D eigenvalue weighted by atomic mass is 14.6. The van der Waals surface area contributed by atoms with Gasteiger partial charge in [0.25, 0.3) is 0 Å². The van der Waals surface area contributed by atoms with E-state index in [-0.39, 0.29) is 0 Å². The van der Waals surface area contributed by atoms with Crippen LogP contribution in [0.4, 0.5) is 0 Å². The summed E-state index contributed by atoms with van der Waals surface area (Å²) in [5, 5.41) is 0. The Balaban J connectivity index is 2.50. The Morgan fingerprint density at radius 1 is 1.06 bits per heavy atom. The molecule has 1 fully saturated rings. The summed E-state index contributed by atoms with van der Waals surface area (Å²) in [6, 6.07) is 0. The van der Waals surface area contributed by atoms with Gasteiger partial charge in [0, 0.05) is 0 Å². The Kier molecular flexibility index (Phi) is 7.18. The highest BCUT2D eigenvalue weighted by Gasteiger charge is 2.30. The number of hydrogen-bond acceptors (Lipinski definition) is 1. The van der Waals surface area contributed by atoms with Gasteiger partial charge in [0.15, 0.2) is 0 Å². The zero-order valence-corrected chi connectivity index (χ0v) is 12.3. The third-order valence-corrected chi connectivity index (χ3v) is 5.04. The minimum Gasteiger partial charge on any atom is -0.330 e. The molecule has 3 atom stereocenters. The van der Waals surface area contributed by atoms with Crippen LogP contribution in [0.3, 0.4) is 0 Å². The predicted octanol–water partition coefficient (Wildman–Crippen LogP) is 4.60. The average molecular weight is 239 g/mol. The van der Waals surface area contributed by atoms with Crippen molar-refractivity contribution in [2.45, 2.75) is 72.1 Å². The van der Waals surface area contributed by atoms with E-state index in [2.05, 4.69) is 20.8 Å². The molecule has 1 saturated carbocycles. The number of rotatable bonds is 7. The molecule has 0 radical (unpaired) electrons. The lowest BCUT2D eigenvalue weighted by Gasteiger charge is -2.37. The Morgan fingerprint density at radius 3 is 2.29 bits per heavy atom. The average Bonchev–Trinajstić information content (AvgIpc) is 2.36. The highest BCUT2D eigenvalue weighted by molar-refractivity contribution is 4.82. The van der Waals surface area contributed by atoms with E-state index in [0.29, 0.717) is 0 Å². The van der Waals surface area contributed by atoms with Crippen LogP contribution in [0.1, 0.15) is 72.1 Å². The van der Waals surface area contributed by atoms with Crippen LogP contribution >= 0.6 is 0 Å². The molecule has 3 unspecified atom stereocenters. The molecule has 0 aromatic rings. The summed E-state index contributed by atoms with van der Waals surface area (Å²) in [4.78, 5) is 0. The third kappa shape index (κ3) is 4.62. The maximum absolute atomic E-state index is 5.97. The predicted molar refractivity (Wildman–Crippen MR) is 77.0 cm³/mol. The largest absolute Gasteiger partial charge is 0.330 e. The lowest BCUT2D eigenvalue weighted by molar-refractivity contribution is 0.146. The van der Waals surface area contributed by atoms with Crippen molar-refractivity contribution < 1.29 is 0 Å². The second kappa shape index (κ2) is 8.13. The summed E-state index contributed by atoms with van der Waals surface area (Å²) >= 11 is 0.